The van der Waals surface area contributed by atoms with Gasteiger partial charge in [0.1, 0.15) is 5.75 Å². The van der Waals surface area contributed by atoms with E-state index in [1.54, 1.807) is 7.11 Å². The lowest BCUT2D eigenvalue weighted by Crippen LogP contribution is -1.87. The molecule has 0 atom stereocenters. The largest absolute Gasteiger partial charge is 0.495 e. The fraction of sp³-hybridized carbons (Fsp3) is 0.143. The average Bonchev–Trinajstić information content (AvgIpc) is 2.29. The van der Waals surface area contributed by atoms with Crippen molar-refractivity contribution in [3.8, 4) is 16.9 Å². The third-order valence-electron chi connectivity index (χ3n) is 2.35. The quantitative estimate of drug-likeness (QED) is 0.716. The summed E-state index contributed by atoms with van der Waals surface area (Å²) in [6.07, 6.45) is 0. The summed E-state index contributed by atoms with van der Waals surface area (Å²) in [5, 5.41) is 0. The molecule has 2 aromatic rings. The van der Waals surface area contributed by atoms with Gasteiger partial charge in [-0.05, 0) is 12.5 Å². The fourth-order valence-electron chi connectivity index (χ4n) is 1.63. The van der Waals surface area contributed by atoms with Crippen molar-refractivity contribution in [3.05, 3.63) is 54.1 Å². The smallest absolute Gasteiger partial charge is 0.134 e. The molecule has 0 amide bonds. The van der Waals surface area contributed by atoms with Gasteiger partial charge in [0.05, 0.1) is 7.11 Å². The van der Waals surface area contributed by atoms with Crippen LogP contribution in [0.1, 0.15) is 5.56 Å². The molecule has 1 radical (unpaired) electrons. The second kappa shape index (κ2) is 4.18. The molecule has 0 aliphatic carbocycles. The minimum absolute atomic E-state index is 0.795. The third kappa shape index (κ3) is 2.01. The Hall–Kier alpha value is -1.76. The Labute approximate surface area is 90.3 Å². The number of para-hydroxylation sites is 1. The summed E-state index contributed by atoms with van der Waals surface area (Å²) >= 11 is 0. The summed E-state index contributed by atoms with van der Waals surface area (Å²) in [7, 11) is 1.67. The van der Waals surface area contributed by atoms with Gasteiger partial charge in [0.2, 0.25) is 0 Å². The molecule has 1 heteroatoms. The summed E-state index contributed by atoms with van der Waals surface area (Å²) in [4.78, 5) is 0. The molecule has 0 saturated carbocycles. The first-order valence-corrected chi connectivity index (χ1v) is 4.93. The molecule has 0 aliphatic rings. The van der Waals surface area contributed by atoms with E-state index < -0.39 is 0 Å². The van der Waals surface area contributed by atoms with Crippen LogP contribution in [0.5, 0.6) is 5.75 Å². The monoisotopic (exact) mass is 197 g/mol. The zero-order valence-corrected chi connectivity index (χ0v) is 8.95. The first-order chi connectivity index (χ1) is 7.31. The molecule has 2 rings (SSSR count). The Morgan fingerprint density at radius 2 is 2.00 bits per heavy atom. The van der Waals surface area contributed by atoms with E-state index in [-0.39, 0.29) is 0 Å². The van der Waals surface area contributed by atoms with Crippen molar-refractivity contribution in [2.75, 3.05) is 7.11 Å². The molecule has 0 aliphatic heterocycles. The van der Waals surface area contributed by atoms with Gasteiger partial charge in [0, 0.05) is 11.6 Å². The van der Waals surface area contributed by atoms with E-state index in [0.717, 1.165) is 11.3 Å². The lowest BCUT2D eigenvalue weighted by atomic mass is 10.0. The van der Waals surface area contributed by atoms with Crippen LogP contribution in [0, 0.1) is 13.0 Å². The van der Waals surface area contributed by atoms with Crippen LogP contribution in [0.25, 0.3) is 11.1 Å². The van der Waals surface area contributed by atoms with Gasteiger partial charge in [-0.15, -0.1) is 0 Å². The number of hydrogen-bond donors (Lipinski definition) is 0. The first-order valence-electron chi connectivity index (χ1n) is 4.93. The molecule has 0 unspecified atom stereocenters. The van der Waals surface area contributed by atoms with Gasteiger partial charge in [-0.3, -0.25) is 0 Å². The van der Waals surface area contributed by atoms with Crippen LogP contribution in [0.15, 0.2) is 42.5 Å². The highest BCUT2D eigenvalue weighted by molar-refractivity contribution is 5.70. The summed E-state index contributed by atoms with van der Waals surface area (Å²) in [5.41, 5.74) is 3.51. The van der Waals surface area contributed by atoms with Crippen molar-refractivity contribution in [2.45, 2.75) is 6.92 Å². The Morgan fingerprint density at radius 3 is 2.73 bits per heavy atom. The van der Waals surface area contributed by atoms with E-state index in [9.17, 15) is 0 Å². The molecule has 0 fully saturated rings. The minimum Gasteiger partial charge on any atom is -0.495 e. The van der Waals surface area contributed by atoms with Crippen molar-refractivity contribution >= 4 is 0 Å². The second-order valence-corrected chi connectivity index (χ2v) is 3.49. The predicted molar refractivity (Wildman–Crippen MR) is 62.0 cm³/mol. The number of hydrogen-bond acceptors (Lipinski definition) is 1. The number of ether oxygens (including phenoxy) is 1. The Kier molecular flexibility index (Phi) is 2.72. The maximum absolute atomic E-state index is 5.28. The maximum Gasteiger partial charge on any atom is 0.134 e. The number of benzene rings is 2. The van der Waals surface area contributed by atoms with Crippen molar-refractivity contribution in [1.29, 1.82) is 0 Å². The van der Waals surface area contributed by atoms with Crippen molar-refractivity contribution in [3.63, 3.8) is 0 Å². The standard InChI is InChI=1S/C14H13O/c1-11-6-5-7-12(10-11)13-8-3-4-9-14(13)15-2/h3-8,10H,1-2H3. The summed E-state index contributed by atoms with van der Waals surface area (Å²) in [5.74, 6) is 0.795. The lowest BCUT2D eigenvalue weighted by molar-refractivity contribution is 0.415. The van der Waals surface area contributed by atoms with Gasteiger partial charge in [-0.25, -0.2) is 0 Å². The van der Waals surface area contributed by atoms with Gasteiger partial charge < -0.3 is 4.74 Å². The van der Waals surface area contributed by atoms with E-state index in [4.69, 9.17) is 4.74 Å². The van der Waals surface area contributed by atoms with E-state index in [1.165, 1.54) is 11.1 Å². The molecule has 2 aromatic carbocycles. The van der Waals surface area contributed by atoms with Gasteiger partial charge in [0.25, 0.3) is 0 Å². The van der Waals surface area contributed by atoms with Crippen LogP contribution in [-0.4, -0.2) is 7.11 Å². The highest BCUT2D eigenvalue weighted by atomic mass is 16.5. The second-order valence-electron chi connectivity index (χ2n) is 3.49. The molecule has 1 nitrogen and oxygen atoms in total. The number of methoxy groups -OCH3 is 1. The highest BCUT2D eigenvalue weighted by Crippen LogP contribution is 2.29. The van der Waals surface area contributed by atoms with Crippen LogP contribution in [0.3, 0.4) is 0 Å². The molecule has 15 heavy (non-hydrogen) atoms. The molecule has 75 valence electrons. The summed E-state index contributed by atoms with van der Waals surface area (Å²) < 4.78 is 5.28. The van der Waals surface area contributed by atoms with Crippen LogP contribution in [0.4, 0.5) is 0 Å². The topological polar surface area (TPSA) is 9.23 Å². The average molecular weight is 197 g/mol. The molecule has 0 N–H and O–H groups in total. The Balaban J connectivity index is 2.53. The van der Waals surface area contributed by atoms with E-state index in [2.05, 4.69) is 37.3 Å². The van der Waals surface area contributed by atoms with Gasteiger partial charge in [-0.1, -0.05) is 48.0 Å². The Bertz CT molecular complexity index is 460. The molecule has 0 saturated heterocycles. The lowest BCUT2D eigenvalue weighted by Gasteiger charge is -2.08. The van der Waals surface area contributed by atoms with Gasteiger partial charge in [-0.2, -0.15) is 0 Å². The molecule has 0 aromatic heterocycles. The van der Waals surface area contributed by atoms with Gasteiger partial charge in [0.15, 0.2) is 0 Å². The highest BCUT2D eigenvalue weighted by Gasteiger charge is 2.04. The molecule has 0 spiro atoms. The zero-order valence-electron chi connectivity index (χ0n) is 8.95. The number of rotatable bonds is 2. The summed E-state index contributed by atoms with van der Waals surface area (Å²) in [6.45, 7) is 2.09. The van der Waals surface area contributed by atoms with E-state index in [0.29, 0.717) is 0 Å². The minimum atomic E-state index is 0.795. The molecular formula is C14H13O. The number of aryl methyl sites for hydroxylation is 1. The van der Waals surface area contributed by atoms with E-state index >= 15 is 0 Å². The van der Waals surface area contributed by atoms with Crippen molar-refractivity contribution in [1.82, 2.24) is 0 Å². The van der Waals surface area contributed by atoms with Crippen molar-refractivity contribution < 1.29 is 4.74 Å². The summed E-state index contributed by atoms with van der Waals surface area (Å²) in [6, 6.07) is 17.3. The fourth-order valence-corrected chi connectivity index (χ4v) is 1.63. The maximum atomic E-state index is 5.28. The zero-order chi connectivity index (χ0) is 10.7. The first kappa shape index (κ1) is 9.78. The van der Waals surface area contributed by atoms with Gasteiger partial charge >= 0.3 is 0 Å². The van der Waals surface area contributed by atoms with E-state index in [1.807, 2.05) is 18.2 Å². The van der Waals surface area contributed by atoms with Crippen molar-refractivity contribution in [2.24, 2.45) is 0 Å². The molecule has 0 heterocycles. The molecule has 0 bridgehead atoms. The van der Waals surface area contributed by atoms with Crippen LogP contribution in [0.2, 0.25) is 0 Å². The van der Waals surface area contributed by atoms with Crippen LogP contribution >= 0.6 is 0 Å². The predicted octanol–water partition coefficient (Wildman–Crippen LogP) is 3.47. The van der Waals surface area contributed by atoms with Crippen LogP contribution in [-0.2, 0) is 0 Å². The normalized spacial score (nSPS) is 10.0. The Morgan fingerprint density at radius 1 is 1.13 bits per heavy atom. The molecular weight excluding hydrogens is 184 g/mol. The third-order valence-corrected chi connectivity index (χ3v) is 2.35. The SMILES string of the molecule is COc1[c]cccc1-c1cccc(C)c1. The van der Waals surface area contributed by atoms with Crippen LogP contribution < -0.4 is 4.74 Å².